The summed E-state index contributed by atoms with van der Waals surface area (Å²) in [5, 5.41) is 0. The van der Waals surface area contributed by atoms with Crippen molar-refractivity contribution in [3.63, 3.8) is 0 Å². The van der Waals surface area contributed by atoms with Gasteiger partial charge in [-0.05, 0) is 44.4 Å². The number of nitrogens with zero attached hydrogens (tertiary/aromatic N) is 2. The Kier molecular flexibility index (Phi) is 3.76. The zero-order valence-electron chi connectivity index (χ0n) is 11.5. The summed E-state index contributed by atoms with van der Waals surface area (Å²) in [6.07, 6.45) is 3.10. The zero-order valence-corrected chi connectivity index (χ0v) is 11.5. The van der Waals surface area contributed by atoms with E-state index in [-0.39, 0.29) is 11.5 Å². The molecule has 0 amide bonds. The van der Waals surface area contributed by atoms with Gasteiger partial charge in [-0.3, -0.25) is 0 Å². The minimum Gasteiger partial charge on any atom is -0.487 e. The van der Waals surface area contributed by atoms with Gasteiger partial charge in [0.15, 0.2) is 11.6 Å². The van der Waals surface area contributed by atoms with Crippen molar-refractivity contribution in [2.45, 2.75) is 33.3 Å². The number of anilines is 1. The molecule has 2 heterocycles. The molecule has 100 valence electrons. The van der Waals surface area contributed by atoms with Crippen LogP contribution in [0, 0.1) is 5.41 Å². The van der Waals surface area contributed by atoms with Gasteiger partial charge < -0.3 is 15.4 Å². The Labute approximate surface area is 109 Å². The lowest BCUT2D eigenvalue weighted by Gasteiger charge is -2.25. The number of ether oxygens (including phenoxy) is 1. The van der Waals surface area contributed by atoms with Gasteiger partial charge in [-0.15, -0.1) is 0 Å². The second kappa shape index (κ2) is 5.14. The fourth-order valence-electron chi connectivity index (χ4n) is 2.34. The fourth-order valence-corrected chi connectivity index (χ4v) is 2.34. The van der Waals surface area contributed by atoms with Crippen LogP contribution in [-0.4, -0.2) is 30.7 Å². The van der Waals surface area contributed by atoms with Crippen LogP contribution in [0.4, 0.5) is 5.82 Å². The maximum atomic E-state index is 5.85. The van der Waals surface area contributed by atoms with E-state index in [0.717, 1.165) is 37.6 Å². The molecule has 0 bridgehead atoms. The molecular formula is C14H23N3O. The summed E-state index contributed by atoms with van der Waals surface area (Å²) in [6.45, 7) is 8.97. The van der Waals surface area contributed by atoms with Gasteiger partial charge in [0.25, 0.3) is 0 Å². The number of aromatic nitrogens is 1. The first-order chi connectivity index (χ1) is 8.54. The van der Waals surface area contributed by atoms with Crippen LogP contribution in [-0.2, 0) is 0 Å². The molecule has 1 aromatic rings. The average Bonchev–Trinajstić information content (AvgIpc) is 2.73. The van der Waals surface area contributed by atoms with Crippen molar-refractivity contribution in [3.05, 3.63) is 18.3 Å². The summed E-state index contributed by atoms with van der Waals surface area (Å²) < 4.78 is 5.82. The molecule has 0 radical (unpaired) electrons. The summed E-state index contributed by atoms with van der Waals surface area (Å²) in [4.78, 5) is 6.76. The third kappa shape index (κ3) is 2.75. The molecule has 18 heavy (non-hydrogen) atoms. The first kappa shape index (κ1) is 13.1. The van der Waals surface area contributed by atoms with E-state index in [0.29, 0.717) is 0 Å². The lowest BCUT2D eigenvalue weighted by molar-refractivity contribution is 0.242. The molecular weight excluding hydrogens is 226 g/mol. The molecule has 0 saturated carbocycles. The molecule has 1 fully saturated rings. The molecule has 0 spiro atoms. The van der Waals surface area contributed by atoms with Gasteiger partial charge in [0.1, 0.15) is 0 Å². The van der Waals surface area contributed by atoms with Crippen molar-refractivity contribution in [3.8, 4) is 5.75 Å². The molecule has 1 aliphatic heterocycles. The van der Waals surface area contributed by atoms with E-state index < -0.39 is 0 Å². The average molecular weight is 249 g/mol. The van der Waals surface area contributed by atoms with Crippen LogP contribution in [0.1, 0.15) is 27.2 Å². The fraction of sp³-hybridized carbons (Fsp3) is 0.643. The maximum Gasteiger partial charge on any atom is 0.171 e. The molecule has 1 unspecified atom stereocenters. The van der Waals surface area contributed by atoms with Gasteiger partial charge in [0, 0.05) is 19.3 Å². The lowest BCUT2D eigenvalue weighted by Crippen LogP contribution is -2.31. The zero-order chi connectivity index (χ0) is 13.2. The van der Waals surface area contributed by atoms with Crippen LogP contribution in [0.25, 0.3) is 0 Å². The van der Waals surface area contributed by atoms with Gasteiger partial charge in [-0.25, -0.2) is 4.98 Å². The summed E-state index contributed by atoms with van der Waals surface area (Å²) in [5.74, 6) is 1.82. The molecule has 2 rings (SSSR count). The Morgan fingerprint density at radius 1 is 1.56 bits per heavy atom. The Bertz CT molecular complexity index is 408. The molecule has 0 aromatic carbocycles. The van der Waals surface area contributed by atoms with E-state index in [1.165, 1.54) is 0 Å². The van der Waals surface area contributed by atoms with Crippen molar-refractivity contribution in [2.75, 3.05) is 24.5 Å². The van der Waals surface area contributed by atoms with Crippen LogP contribution >= 0.6 is 0 Å². The molecule has 1 saturated heterocycles. The van der Waals surface area contributed by atoms with Gasteiger partial charge >= 0.3 is 0 Å². The summed E-state index contributed by atoms with van der Waals surface area (Å²) in [6, 6.07) is 3.90. The summed E-state index contributed by atoms with van der Waals surface area (Å²) in [7, 11) is 0. The normalized spacial score (nSPS) is 23.7. The Morgan fingerprint density at radius 3 is 2.94 bits per heavy atom. The van der Waals surface area contributed by atoms with Crippen LogP contribution in [0.5, 0.6) is 5.75 Å². The smallest absolute Gasteiger partial charge is 0.171 e. The number of nitrogens with two attached hydrogens (primary N) is 1. The van der Waals surface area contributed by atoms with Crippen molar-refractivity contribution in [2.24, 2.45) is 11.1 Å². The molecule has 0 aliphatic carbocycles. The topological polar surface area (TPSA) is 51.4 Å². The van der Waals surface area contributed by atoms with E-state index in [1.54, 1.807) is 0 Å². The predicted molar refractivity (Wildman–Crippen MR) is 74.0 cm³/mol. The quantitative estimate of drug-likeness (QED) is 0.887. The maximum absolute atomic E-state index is 5.85. The molecule has 1 aromatic heterocycles. The van der Waals surface area contributed by atoms with E-state index in [4.69, 9.17) is 10.5 Å². The Morgan fingerprint density at radius 2 is 2.33 bits per heavy atom. The minimum absolute atomic E-state index is 0.163. The van der Waals surface area contributed by atoms with Crippen LogP contribution in [0.15, 0.2) is 18.3 Å². The third-order valence-corrected chi connectivity index (χ3v) is 3.46. The SMILES string of the molecule is CC(C)Oc1cccnc1N1CCC(C)(CN)C1. The van der Waals surface area contributed by atoms with Gasteiger partial charge in [-0.2, -0.15) is 0 Å². The van der Waals surface area contributed by atoms with Crippen LogP contribution in [0.3, 0.4) is 0 Å². The Hall–Kier alpha value is -1.29. The van der Waals surface area contributed by atoms with Crippen molar-refractivity contribution < 1.29 is 4.74 Å². The van der Waals surface area contributed by atoms with Gasteiger partial charge in [-0.1, -0.05) is 6.92 Å². The standard InChI is InChI=1S/C14H23N3O/c1-11(2)18-12-5-4-7-16-13(12)17-8-6-14(3,9-15)10-17/h4-5,7,11H,6,8-10,15H2,1-3H3. The highest BCUT2D eigenvalue weighted by Gasteiger charge is 2.34. The van der Waals surface area contributed by atoms with Gasteiger partial charge in [0.2, 0.25) is 0 Å². The highest BCUT2D eigenvalue weighted by molar-refractivity contribution is 5.53. The molecule has 4 heteroatoms. The Balaban J connectivity index is 2.19. The van der Waals surface area contributed by atoms with Crippen molar-refractivity contribution in [1.82, 2.24) is 4.98 Å². The number of rotatable bonds is 4. The summed E-state index contributed by atoms with van der Waals surface area (Å²) >= 11 is 0. The molecule has 1 atom stereocenters. The van der Waals surface area contributed by atoms with Crippen molar-refractivity contribution in [1.29, 1.82) is 0 Å². The lowest BCUT2D eigenvalue weighted by atomic mass is 9.90. The summed E-state index contributed by atoms with van der Waals surface area (Å²) in [5.41, 5.74) is 6.05. The highest BCUT2D eigenvalue weighted by atomic mass is 16.5. The minimum atomic E-state index is 0.163. The number of hydrogen-bond donors (Lipinski definition) is 1. The van der Waals surface area contributed by atoms with Gasteiger partial charge in [0.05, 0.1) is 6.10 Å². The molecule has 2 N–H and O–H groups in total. The first-order valence-electron chi connectivity index (χ1n) is 6.61. The van der Waals surface area contributed by atoms with Crippen molar-refractivity contribution >= 4 is 5.82 Å². The van der Waals surface area contributed by atoms with E-state index in [2.05, 4.69) is 16.8 Å². The second-order valence-electron chi connectivity index (χ2n) is 5.68. The molecule has 4 nitrogen and oxygen atoms in total. The van der Waals surface area contributed by atoms with E-state index in [1.807, 2.05) is 32.2 Å². The monoisotopic (exact) mass is 249 g/mol. The highest BCUT2D eigenvalue weighted by Crippen LogP contribution is 2.35. The van der Waals surface area contributed by atoms with Crippen LogP contribution < -0.4 is 15.4 Å². The third-order valence-electron chi connectivity index (χ3n) is 3.46. The number of hydrogen-bond acceptors (Lipinski definition) is 4. The first-order valence-corrected chi connectivity index (χ1v) is 6.61. The second-order valence-corrected chi connectivity index (χ2v) is 5.68. The molecule has 1 aliphatic rings. The predicted octanol–water partition coefficient (Wildman–Crippen LogP) is 2.04. The number of pyridine rings is 1. The van der Waals surface area contributed by atoms with Crippen LogP contribution in [0.2, 0.25) is 0 Å². The van der Waals surface area contributed by atoms with E-state index in [9.17, 15) is 0 Å². The van der Waals surface area contributed by atoms with E-state index >= 15 is 0 Å². The largest absolute Gasteiger partial charge is 0.487 e.